The fraction of sp³-hybridized carbons (Fsp3) is 0.462. The number of halogens is 2. The minimum Gasteiger partial charge on any atom is -0.345 e. The van der Waals surface area contributed by atoms with Crippen LogP contribution < -0.4 is 11.1 Å². The van der Waals surface area contributed by atoms with Crippen molar-refractivity contribution in [3.05, 3.63) is 30.2 Å². The highest BCUT2D eigenvalue weighted by molar-refractivity contribution is 5.85. The van der Waals surface area contributed by atoms with E-state index in [-0.39, 0.29) is 42.7 Å². The molecular weight excluding hydrogens is 313 g/mol. The van der Waals surface area contributed by atoms with Gasteiger partial charge in [-0.1, -0.05) is 19.9 Å². The maximum atomic E-state index is 11.9. The number of hydrogen-bond acceptors (Lipinski definition) is 4. The zero-order valence-corrected chi connectivity index (χ0v) is 13.8. The minimum absolute atomic E-state index is 0. The summed E-state index contributed by atoms with van der Waals surface area (Å²) in [6.07, 6.45) is 1.87. The van der Waals surface area contributed by atoms with Crippen LogP contribution in [0.2, 0.25) is 0 Å². The number of amides is 1. The monoisotopic (exact) mass is 333 g/mol. The zero-order chi connectivity index (χ0) is 14.0. The molecule has 2 heterocycles. The highest BCUT2D eigenvalue weighted by atomic mass is 35.5. The molecule has 0 aromatic carbocycles. The van der Waals surface area contributed by atoms with E-state index in [9.17, 15) is 4.79 Å². The zero-order valence-electron chi connectivity index (χ0n) is 12.2. The average molecular weight is 334 g/mol. The van der Waals surface area contributed by atoms with E-state index in [0.717, 1.165) is 5.65 Å². The first-order chi connectivity index (χ1) is 9.00. The number of rotatable bonds is 4. The molecular formula is C13H21Cl2N5O. The van der Waals surface area contributed by atoms with Gasteiger partial charge in [-0.15, -0.1) is 35.0 Å². The molecule has 0 aliphatic carbocycles. The maximum Gasteiger partial charge on any atom is 0.237 e. The Balaban J connectivity index is 0.00000200. The first-order valence-electron chi connectivity index (χ1n) is 6.36. The van der Waals surface area contributed by atoms with Crippen molar-refractivity contribution in [2.24, 2.45) is 11.7 Å². The van der Waals surface area contributed by atoms with Gasteiger partial charge in [-0.3, -0.25) is 9.20 Å². The quantitative estimate of drug-likeness (QED) is 0.892. The minimum atomic E-state index is -0.512. The van der Waals surface area contributed by atoms with Crippen molar-refractivity contribution in [2.75, 3.05) is 0 Å². The molecule has 8 heteroatoms. The van der Waals surface area contributed by atoms with E-state index in [1.54, 1.807) is 0 Å². The van der Waals surface area contributed by atoms with Crippen molar-refractivity contribution in [3.63, 3.8) is 0 Å². The lowest BCUT2D eigenvalue weighted by Gasteiger charge is -2.18. The molecule has 1 unspecified atom stereocenters. The summed E-state index contributed by atoms with van der Waals surface area (Å²) in [5.41, 5.74) is 6.58. The van der Waals surface area contributed by atoms with E-state index in [2.05, 4.69) is 15.5 Å². The molecule has 0 spiro atoms. The molecule has 2 aromatic rings. The average Bonchev–Trinajstić information content (AvgIpc) is 2.81. The summed E-state index contributed by atoms with van der Waals surface area (Å²) in [7, 11) is 0. The van der Waals surface area contributed by atoms with E-state index in [0.29, 0.717) is 5.82 Å². The van der Waals surface area contributed by atoms with Crippen molar-refractivity contribution >= 4 is 36.4 Å². The van der Waals surface area contributed by atoms with Gasteiger partial charge < -0.3 is 11.1 Å². The fourth-order valence-corrected chi connectivity index (χ4v) is 1.83. The third-order valence-electron chi connectivity index (χ3n) is 3.11. The van der Waals surface area contributed by atoms with Gasteiger partial charge in [0.2, 0.25) is 5.91 Å². The Hall–Kier alpha value is -1.37. The van der Waals surface area contributed by atoms with Gasteiger partial charge in [0.05, 0.1) is 12.1 Å². The van der Waals surface area contributed by atoms with Crippen molar-refractivity contribution in [1.82, 2.24) is 19.9 Å². The van der Waals surface area contributed by atoms with Crippen molar-refractivity contribution in [3.8, 4) is 0 Å². The van der Waals surface area contributed by atoms with Gasteiger partial charge in [0.25, 0.3) is 0 Å². The molecule has 0 bridgehead atoms. The smallest absolute Gasteiger partial charge is 0.237 e. The number of hydrogen-bond donors (Lipinski definition) is 2. The standard InChI is InChI=1S/C13H19N5O.2ClH/c1-8(2)11(14)13(19)15-9(3)12-17-16-10-6-4-5-7-18(10)12;;/h4-9,11H,14H2,1-3H3,(H,15,19);2*1H/t9?,11-;;/m0../s1. The Labute approximate surface area is 136 Å². The second-order valence-corrected chi connectivity index (χ2v) is 4.99. The number of nitrogens with one attached hydrogen (secondary N) is 1. The number of pyridine rings is 1. The first kappa shape index (κ1) is 19.6. The van der Waals surface area contributed by atoms with E-state index in [1.807, 2.05) is 49.6 Å². The van der Waals surface area contributed by atoms with Crippen LogP contribution in [0.1, 0.15) is 32.6 Å². The summed E-state index contributed by atoms with van der Waals surface area (Å²) in [5.74, 6) is 0.623. The van der Waals surface area contributed by atoms with Gasteiger partial charge in [-0.2, -0.15) is 0 Å². The molecule has 2 rings (SSSR count). The molecule has 0 saturated heterocycles. The topological polar surface area (TPSA) is 85.3 Å². The third kappa shape index (κ3) is 4.30. The van der Waals surface area contributed by atoms with Crippen LogP contribution >= 0.6 is 24.8 Å². The second kappa shape index (κ2) is 8.17. The number of nitrogens with zero attached hydrogens (tertiary/aromatic N) is 3. The summed E-state index contributed by atoms with van der Waals surface area (Å²) >= 11 is 0. The third-order valence-corrected chi connectivity index (χ3v) is 3.11. The Morgan fingerprint density at radius 1 is 1.24 bits per heavy atom. The predicted octanol–water partition coefficient (Wildman–Crippen LogP) is 1.73. The lowest BCUT2D eigenvalue weighted by molar-refractivity contribution is -0.123. The van der Waals surface area contributed by atoms with Gasteiger partial charge >= 0.3 is 0 Å². The number of nitrogens with two attached hydrogens (primary N) is 1. The maximum absolute atomic E-state index is 11.9. The normalized spacial score (nSPS) is 13.2. The molecule has 0 saturated carbocycles. The van der Waals surface area contributed by atoms with E-state index >= 15 is 0 Å². The van der Waals surface area contributed by atoms with E-state index in [1.165, 1.54) is 0 Å². The molecule has 6 nitrogen and oxygen atoms in total. The van der Waals surface area contributed by atoms with Gasteiger partial charge in [0, 0.05) is 6.20 Å². The van der Waals surface area contributed by atoms with Crippen LogP contribution in [-0.4, -0.2) is 26.5 Å². The Kier molecular flexibility index (Phi) is 7.63. The van der Waals surface area contributed by atoms with Crippen LogP contribution in [0, 0.1) is 5.92 Å². The van der Waals surface area contributed by atoms with Crippen LogP contribution in [0.3, 0.4) is 0 Å². The lowest BCUT2D eigenvalue weighted by Crippen LogP contribution is -2.45. The van der Waals surface area contributed by atoms with Gasteiger partial charge in [-0.25, -0.2) is 0 Å². The molecule has 0 fully saturated rings. The Morgan fingerprint density at radius 2 is 1.90 bits per heavy atom. The van der Waals surface area contributed by atoms with Crippen LogP contribution in [0.15, 0.2) is 24.4 Å². The van der Waals surface area contributed by atoms with Crippen molar-refractivity contribution in [1.29, 1.82) is 0 Å². The summed E-state index contributed by atoms with van der Waals surface area (Å²) in [6.45, 7) is 5.71. The SMILES string of the molecule is CC(NC(=O)[C@@H](N)C(C)C)c1nnc2ccccn12.Cl.Cl. The molecule has 0 radical (unpaired) electrons. The molecule has 3 N–H and O–H groups in total. The summed E-state index contributed by atoms with van der Waals surface area (Å²) < 4.78 is 1.85. The summed E-state index contributed by atoms with van der Waals surface area (Å²) in [6, 6.07) is 4.90. The molecule has 2 aromatic heterocycles. The van der Waals surface area contributed by atoms with E-state index < -0.39 is 6.04 Å². The van der Waals surface area contributed by atoms with Crippen molar-refractivity contribution < 1.29 is 4.79 Å². The van der Waals surface area contributed by atoms with Gasteiger partial charge in [-0.05, 0) is 25.0 Å². The van der Waals surface area contributed by atoms with Gasteiger partial charge in [0.1, 0.15) is 0 Å². The number of fused-ring (bicyclic) bond motifs is 1. The molecule has 1 amide bonds. The second-order valence-electron chi connectivity index (χ2n) is 4.99. The molecule has 118 valence electrons. The number of carbonyl (C=O) groups excluding carboxylic acids is 1. The Morgan fingerprint density at radius 3 is 2.52 bits per heavy atom. The number of aromatic nitrogens is 3. The van der Waals surface area contributed by atoms with E-state index in [4.69, 9.17) is 5.73 Å². The van der Waals surface area contributed by atoms with Gasteiger partial charge in [0.15, 0.2) is 11.5 Å². The first-order valence-corrected chi connectivity index (χ1v) is 6.36. The molecule has 2 atom stereocenters. The fourth-order valence-electron chi connectivity index (χ4n) is 1.83. The lowest BCUT2D eigenvalue weighted by atomic mass is 10.0. The number of carbonyl (C=O) groups is 1. The van der Waals surface area contributed by atoms with Crippen LogP contribution in [0.5, 0.6) is 0 Å². The summed E-state index contributed by atoms with van der Waals surface area (Å²) in [4.78, 5) is 11.9. The predicted molar refractivity (Wildman–Crippen MR) is 86.9 cm³/mol. The molecule has 21 heavy (non-hydrogen) atoms. The largest absolute Gasteiger partial charge is 0.345 e. The summed E-state index contributed by atoms with van der Waals surface area (Å²) in [5, 5.41) is 11.0. The Bertz CT molecular complexity index is 587. The highest BCUT2D eigenvalue weighted by Gasteiger charge is 2.21. The molecule has 0 aliphatic rings. The highest BCUT2D eigenvalue weighted by Crippen LogP contribution is 2.12. The molecule has 0 aliphatic heterocycles. The van der Waals surface area contributed by atoms with Crippen LogP contribution in [-0.2, 0) is 4.79 Å². The van der Waals surface area contributed by atoms with Crippen molar-refractivity contribution in [2.45, 2.75) is 32.9 Å². The van der Waals surface area contributed by atoms with Crippen LogP contribution in [0.4, 0.5) is 0 Å². The van der Waals surface area contributed by atoms with Crippen LogP contribution in [0.25, 0.3) is 5.65 Å².